The van der Waals surface area contributed by atoms with Crippen LogP contribution in [0.1, 0.15) is 33.6 Å². The molecule has 1 amide bonds. The first kappa shape index (κ1) is 18.0. The minimum absolute atomic E-state index is 0.0360. The maximum atomic E-state index is 12.2. The molecule has 7 heteroatoms. The van der Waals surface area contributed by atoms with Gasteiger partial charge in [0.05, 0.1) is 18.9 Å². The van der Waals surface area contributed by atoms with E-state index in [0.29, 0.717) is 13.0 Å². The minimum atomic E-state index is -3.52. The van der Waals surface area contributed by atoms with Gasteiger partial charge < -0.3 is 9.64 Å². The van der Waals surface area contributed by atoms with Gasteiger partial charge in [0.25, 0.3) is 10.1 Å². The highest BCUT2D eigenvalue weighted by atomic mass is 32.2. The molecule has 1 fully saturated rings. The number of carbonyl (C=O) groups is 1. The first-order chi connectivity index (χ1) is 9.52. The Morgan fingerprint density at radius 1 is 1.43 bits per heavy atom. The van der Waals surface area contributed by atoms with E-state index >= 15 is 0 Å². The van der Waals surface area contributed by atoms with Crippen LogP contribution in [0.4, 0.5) is 4.79 Å². The zero-order valence-electron chi connectivity index (χ0n) is 13.2. The number of rotatable bonds is 5. The molecule has 0 aromatic rings. The monoisotopic (exact) mass is 319 g/mol. The Hall–Kier alpha value is -1.08. The van der Waals surface area contributed by atoms with Crippen molar-refractivity contribution in [1.29, 1.82) is 0 Å². The van der Waals surface area contributed by atoms with Gasteiger partial charge in [-0.25, -0.2) is 4.79 Å². The van der Waals surface area contributed by atoms with Crippen molar-refractivity contribution in [2.75, 3.05) is 19.4 Å². The van der Waals surface area contributed by atoms with Gasteiger partial charge in [-0.05, 0) is 39.5 Å². The minimum Gasteiger partial charge on any atom is -0.444 e. The third kappa shape index (κ3) is 6.48. The second kappa shape index (κ2) is 6.79. The lowest BCUT2D eigenvalue weighted by Crippen LogP contribution is -2.42. The molecule has 6 nitrogen and oxygen atoms in total. The summed E-state index contributed by atoms with van der Waals surface area (Å²) in [4.78, 5) is 13.8. The summed E-state index contributed by atoms with van der Waals surface area (Å²) >= 11 is 0. The van der Waals surface area contributed by atoms with Crippen molar-refractivity contribution in [3.63, 3.8) is 0 Å². The molecule has 2 atom stereocenters. The third-order valence-electron chi connectivity index (χ3n) is 3.10. The first-order valence-electron chi connectivity index (χ1n) is 6.97. The van der Waals surface area contributed by atoms with E-state index in [-0.39, 0.29) is 18.6 Å². The summed E-state index contributed by atoms with van der Waals surface area (Å²) in [5.74, 6) is 0.253. The fraction of sp³-hybridized carbons (Fsp3) is 0.786. The number of allylic oxidation sites excluding steroid dienone is 1. The summed E-state index contributed by atoms with van der Waals surface area (Å²) in [7, 11) is -3.52. The predicted molar refractivity (Wildman–Crippen MR) is 80.4 cm³/mol. The number of ether oxygens (including phenoxy) is 1. The molecular formula is C14H25NO5S. The number of likely N-dealkylation sites (tertiary alicyclic amines) is 1. The lowest BCUT2D eigenvalue weighted by atomic mass is 10.0. The molecule has 0 N–H and O–H groups in total. The van der Waals surface area contributed by atoms with Crippen molar-refractivity contribution in [2.45, 2.75) is 45.3 Å². The summed E-state index contributed by atoms with van der Waals surface area (Å²) in [5, 5.41) is 0. The van der Waals surface area contributed by atoms with Crippen LogP contribution in [0, 0.1) is 5.92 Å². The van der Waals surface area contributed by atoms with Gasteiger partial charge in [0.15, 0.2) is 0 Å². The van der Waals surface area contributed by atoms with E-state index in [9.17, 15) is 13.2 Å². The molecule has 0 aromatic carbocycles. The van der Waals surface area contributed by atoms with Gasteiger partial charge >= 0.3 is 6.09 Å². The van der Waals surface area contributed by atoms with Crippen LogP contribution in [0.15, 0.2) is 12.7 Å². The number of nitrogens with zero attached hydrogens (tertiary/aromatic N) is 1. The maximum Gasteiger partial charge on any atom is 0.410 e. The van der Waals surface area contributed by atoms with Crippen molar-refractivity contribution in [2.24, 2.45) is 5.92 Å². The smallest absolute Gasteiger partial charge is 0.410 e. The SMILES string of the molecule is C=CC[C@@H]1C[C@@H](COS(C)(=O)=O)N(C(=O)OC(C)(C)C)C1. The molecule has 0 saturated carbocycles. The Morgan fingerprint density at radius 2 is 2.05 bits per heavy atom. The normalized spacial score (nSPS) is 23.1. The Bertz CT molecular complexity index is 480. The molecule has 1 aliphatic heterocycles. The largest absolute Gasteiger partial charge is 0.444 e. The lowest BCUT2D eigenvalue weighted by Gasteiger charge is -2.28. The van der Waals surface area contributed by atoms with Crippen molar-refractivity contribution < 1.29 is 22.1 Å². The predicted octanol–water partition coefficient (Wildman–Crippen LogP) is 2.16. The summed E-state index contributed by atoms with van der Waals surface area (Å²) in [6, 6.07) is -0.292. The Kier molecular flexibility index (Phi) is 5.81. The average Bonchev–Trinajstić information content (AvgIpc) is 2.67. The van der Waals surface area contributed by atoms with Crippen LogP contribution in [-0.2, 0) is 19.0 Å². The highest BCUT2D eigenvalue weighted by Gasteiger charge is 2.37. The van der Waals surface area contributed by atoms with Crippen molar-refractivity contribution in [1.82, 2.24) is 4.90 Å². The first-order valence-corrected chi connectivity index (χ1v) is 8.78. The zero-order valence-corrected chi connectivity index (χ0v) is 14.0. The van der Waals surface area contributed by atoms with Gasteiger partial charge in [0, 0.05) is 6.54 Å². The summed E-state index contributed by atoms with van der Waals surface area (Å²) in [6.07, 6.45) is 3.82. The van der Waals surface area contributed by atoms with Crippen molar-refractivity contribution in [3.05, 3.63) is 12.7 Å². The van der Waals surface area contributed by atoms with E-state index in [4.69, 9.17) is 8.92 Å². The number of amides is 1. The molecule has 0 spiro atoms. The summed E-state index contributed by atoms with van der Waals surface area (Å²) in [5.41, 5.74) is -0.587. The molecule has 0 bridgehead atoms. The molecule has 21 heavy (non-hydrogen) atoms. The van der Waals surface area contributed by atoms with Gasteiger partial charge in [0.2, 0.25) is 0 Å². The van der Waals surface area contributed by atoms with Gasteiger partial charge in [0.1, 0.15) is 5.60 Å². The molecule has 0 radical (unpaired) electrons. The topological polar surface area (TPSA) is 72.9 Å². The van der Waals surface area contributed by atoms with Gasteiger partial charge in [-0.1, -0.05) is 6.08 Å². The highest BCUT2D eigenvalue weighted by Crippen LogP contribution is 2.28. The van der Waals surface area contributed by atoms with E-state index in [1.165, 1.54) is 0 Å². The number of hydrogen-bond acceptors (Lipinski definition) is 5. The van der Waals surface area contributed by atoms with Crippen LogP contribution in [-0.4, -0.2) is 50.5 Å². The average molecular weight is 319 g/mol. The van der Waals surface area contributed by atoms with E-state index in [1.807, 2.05) is 0 Å². The Morgan fingerprint density at radius 3 is 2.52 bits per heavy atom. The fourth-order valence-electron chi connectivity index (χ4n) is 2.32. The number of carbonyl (C=O) groups excluding carboxylic acids is 1. The van der Waals surface area contributed by atoms with Crippen LogP contribution < -0.4 is 0 Å². The second-order valence-corrected chi connectivity index (χ2v) is 8.05. The van der Waals surface area contributed by atoms with Gasteiger partial charge in [-0.3, -0.25) is 4.18 Å². The summed E-state index contributed by atoms with van der Waals surface area (Å²) in [6.45, 7) is 9.58. The van der Waals surface area contributed by atoms with E-state index in [2.05, 4.69) is 6.58 Å². The Balaban J connectivity index is 2.75. The molecule has 1 saturated heterocycles. The molecule has 122 valence electrons. The van der Waals surface area contributed by atoms with Crippen LogP contribution >= 0.6 is 0 Å². The molecule has 1 aliphatic rings. The molecule has 0 aromatic heterocycles. The van der Waals surface area contributed by atoms with Gasteiger partial charge in [-0.15, -0.1) is 6.58 Å². The highest BCUT2D eigenvalue weighted by molar-refractivity contribution is 7.85. The Labute approximate surface area is 127 Å². The standard InChI is InChI=1S/C14H25NO5S/c1-6-7-11-8-12(10-19-21(5,17)18)15(9-11)13(16)20-14(2,3)4/h6,11-12H,1,7-10H2,2-5H3/t11-,12+/m1/s1. The summed E-state index contributed by atoms with van der Waals surface area (Å²) < 4.78 is 32.5. The zero-order chi connectivity index (χ0) is 16.3. The lowest BCUT2D eigenvalue weighted by molar-refractivity contribution is 0.0185. The molecule has 1 heterocycles. The quantitative estimate of drug-likeness (QED) is 0.573. The van der Waals surface area contributed by atoms with Crippen LogP contribution in [0.25, 0.3) is 0 Å². The van der Waals surface area contributed by atoms with E-state index in [0.717, 1.165) is 12.7 Å². The maximum absolute atomic E-state index is 12.2. The van der Waals surface area contributed by atoms with Crippen LogP contribution in [0.2, 0.25) is 0 Å². The van der Waals surface area contributed by atoms with Crippen LogP contribution in [0.3, 0.4) is 0 Å². The van der Waals surface area contributed by atoms with E-state index < -0.39 is 21.8 Å². The molecule has 0 unspecified atom stereocenters. The second-order valence-electron chi connectivity index (χ2n) is 6.40. The van der Waals surface area contributed by atoms with Crippen LogP contribution in [0.5, 0.6) is 0 Å². The molecular weight excluding hydrogens is 294 g/mol. The van der Waals surface area contributed by atoms with Gasteiger partial charge in [-0.2, -0.15) is 8.42 Å². The van der Waals surface area contributed by atoms with Crippen molar-refractivity contribution in [3.8, 4) is 0 Å². The molecule has 0 aliphatic carbocycles. The molecule has 1 rings (SSSR count). The van der Waals surface area contributed by atoms with Crippen molar-refractivity contribution >= 4 is 16.2 Å². The fourth-order valence-corrected chi connectivity index (χ4v) is 2.73. The third-order valence-corrected chi connectivity index (χ3v) is 3.67. The number of hydrogen-bond donors (Lipinski definition) is 0. The van der Waals surface area contributed by atoms with E-state index in [1.54, 1.807) is 31.7 Å².